The minimum absolute atomic E-state index is 0.0156. The van der Waals surface area contributed by atoms with E-state index in [9.17, 15) is 9.59 Å². The van der Waals surface area contributed by atoms with Gasteiger partial charge in [0.15, 0.2) is 0 Å². The zero-order chi connectivity index (χ0) is 18.9. The number of anilines is 1. The minimum atomic E-state index is -0.134. The van der Waals surface area contributed by atoms with Crippen molar-refractivity contribution in [2.75, 3.05) is 44.4 Å². The normalized spacial score (nSPS) is 15.3. The lowest BCUT2D eigenvalue weighted by atomic mass is 9.87. The molecule has 1 aromatic carbocycles. The molecule has 0 atom stereocenters. The molecule has 0 unspecified atom stereocenters. The van der Waals surface area contributed by atoms with Crippen molar-refractivity contribution in [1.29, 1.82) is 0 Å². The molecule has 1 aromatic rings. The van der Waals surface area contributed by atoms with E-state index in [0.717, 1.165) is 31.6 Å². The summed E-state index contributed by atoms with van der Waals surface area (Å²) in [5.74, 6) is 0.535. The Morgan fingerprint density at radius 3 is 2.42 bits per heavy atom. The monoisotopic (exact) mass is 362 g/mol. The average Bonchev–Trinajstić information content (AvgIpc) is 2.67. The van der Waals surface area contributed by atoms with Crippen molar-refractivity contribution in [3.05, 3.63) is 29.8 Å². The Morgan fingerprint density at radius 2 is 1.85 bits per heavy atom. The molecule has 1 fully saturated rings. The molecule has 1 heterocycles. The maximum Gasteiger partial charge on any atom is 0.251 e. The van der Waals surface area contributed by atoms with Crippen LogP contribution in [0.1, 0.15) is 37.0 Å². The van der Waals surface area contributed by atoms with Crippen LogP contribution in [0.25, 0.3) is 0 Å². The van der Waals surface area contributed by atoms with Gasteiger partial charge >= 0.3 is 0 Å². The minimum Gasteiger partial charge on any atom is -0.394 e. The topological polar surface area (TPSA) is 78.9 Å². The van der Waals surface area contributed by atoms with E-state index in [1.807, 2.05) is 38.1 Å². The molecule has 0 aliphatic carbocycles. The Kier molecular flexibility index (Phi) is 8.06. The average molecular weight is 362 g/mol. The molecule has 0 saturated carbocycles. The molecule has 1 aliphatic rings. The second-order valence-electron chi connectivity index (χ2n) is 6.96. The smallest absolute Gasteiger partial charge is 0.251 e. The highest BCUT2D eigenvalue weighted by Crippen LogP contribution is 2.25. The van der Waals surface area contributed by atoms with Crippen molar-refractivity contribution in [2.24, 2.45) is 11.8 Å². The second kappa shape index (κ2) is 10.3. The van der Waals surface area contributed by atoms with Crippen LogP contribution in [-0.4, -0.2) is 56.3 Å². The SMILES string of the molecule is CC(C)C(=O)C1CCN(c2ccc(C(=O)NCCOCCO)cc2)CC1. The summed E-state index contributed by atoms with van der Waals surface area (Å²) in [7, 11) is 0. The lowest BCUT2D eigenvalue weighted by Gasteiger charge is -2.33. The molecule has 1 amide bonds. The summed E-state index contributed by atoms with van der Waals surface area (Å²) in [5, 5.41) is 11.4. The predicted octanol–water partition coefficient (Wildman–Crippen LogP) is 1.87. The number of nitrogens with one attached hydrogen (secondary N) is 1. The number of benzene rings is 1. The van der Waals surface area contributed by atoms with E-state index in [1.54, 1.807) is 0 Å². The highest BCUT2D eigenvalue weighted by atomic mass is 16.5. The first-order chi connectivity index (χ1) is 12.5. The Bertz CT molecular complexity index is 578. The van der Waals surface area contributed by atoms with Gasteiger partial charge in [0.05, 0.1) is 19.8 Å². The molecule has 6 nitrogen and oxygen atoms in total. The molecule has 2 rings (SSSR count). The van der Waals surface area contributed by atoms with Gasteiger partial charge in [0.1, 0.15) is 5.78 Å². The van der Waals surface area contributed by atoms with E-state index < -0.39 is 0 Å². The van der Waals surface area contributed by atoms with Gasteiger partial charge in [-0.15, -0.1) is 0 Å². The summed E-state index contributed by atoms with van der Waals surface area (Å²) in [4.78, 5) is 26.5. The fraction of sp³-hybridized carbons (Fsp3) is 0.600. The number of rotatable bonds is 9. The molecule has 144 valence electrons. The van der Waals surface area contributed by atoms with Crippen LogP contribution in [0, 0.1) is 11.8 Å². The van der Waals surface area contributed by atoms with E-state index in [-0.39, 0.29) is 31.0 Å². The van der Waals surface area contributed by atoms with Gasteiger partial charge in [-0.05, 0) is 37.1 Å². The second-order valence-corrected chi connectivity index (χ2v) is 6.96. The van der Waals surface area contributed by atoms with E-state index in [4.69, 9.17) is 9.84 Å². The van der Waals surface area contributed by atoms with Crippen LogP contribution in [0.5, 0.6) is 0 Å². The van der Waals surface area contributed by atoms with Crippen molar-refractivity contribution in [3.8, 4) is 0 Å². The summed E-state index contributed by atoms with van der Waals surface area (Å²) in [5.41, 5.74) is 1.70. The molecular weight excluding hydrogens is 332 g/mol. The standard InChI is InChI=1S/C20H30N2O4/c1-15(2)19(24)16-7-10-22(11-8-16)18-5-3-17(4-6-18)20(25)21-9-13-26-14-12-23/h3-6,15-16,23H,7-14H2,1-2H3,(H,21,25). The van der Waals surface area contributed by atoms with Crippen molar-refractivity contribution >= 4 is 17.4 Å². The number of aliphatic hydroxyl groups excluding tert-OH is 1. The number of hydrogen-bond donors (Lipinski definition) is 2. The number of aliphatic hydroxyl groups is 1. The van der Waals surface area contributed by atoms with Crippen LogP contribution in [0.4, 0.5) is 5.69 Å². The third-order valence-corrected chi connectivity index (χ3v) is 4.73. The maximum atomic E-state index is 12.1. The molecule has 1 aliphatic heterocycles. The fourth-order valence-electron chi connectivity index (χ4n) is 3.22. The molecule has 26 heavy (non-hydrogen) atoms. The summed E-state index contributed by atoms with van der Waals surface area (Å²) in [6.45, 7) is 6.75. The number of ether oxygens (including phenoxy) is 1. The van der Waals surface area contributed by atoms with Gasteiger partial charge in [-0.3, -0.25) is 9.59 Å². The van der Waals surface area contributed by atoms with Crippen LogP contribution in [-0.2, 0) is 9.53 Å². The number of carbonyl (C=O) groups excluding carboxylic acids is 2. The predicted molar refractivity (Wildman–Crippen MR) is 101 cm³/mol. The van der Waals surface area contributed by atoms with Gasteiger partial charge in [-0.2, -0.15) is 0 Å². The van der Waals surface area contributed by atoms with Gasteiger partial charge in [0.2, 0.25) is 0 Å². The highest BCUT2D eigenvalue weighted by molar-refractivity contribution is 5.94. The van der Waals surface area contributed by atoms with Gasteiger partial charge in [-0.1, -0.05) is 13.8 Å². The van der Waals surface area contributed by atoms with E-state index in [0.29, 0.717) is 24.5 Å². The summed E-state index contributed by atoms with van der Waals surface area (Å²) in [6.07, 6.45) is 1.79. The lowest BCUT2D eigenvalue weighted by molar-refractivity contribution is -0.126. The van der Waals surface area contributed by atoms with Crippen LogP contribution >= 0.6 is 0 Å². The molecular formula is C20H30N2O4. The van der Waals surface area contributed by atoms with Gasteiger partial charge in [0, 0.05) is 42.7 Å². The molecule has 2 N–H and O–H groups in total. The third kappa shape index (κ3) is 5.81. The molecule has 0 radical (unpaired) electrons. The number of carbonyl (C=O) groups is 2. The first kappa shape index (κ1) is 20.4. The van der Waals surface area contributed by atoms with Crippen molar-refractivity contribution in [2.45, 2.75) is 26.7 Å². The van der Waals surface area contributed by atoms with Crippen LogP contribution in [0.2, 0.25) is 0 Å². The molecule has 0 spiro atoms. The highest BCUT2D eigenvalue weighted by Gasteiger charge is 2.26. The number of hydrogen-bond acceptors (Lipinski definition) is 5. The van der Waals surface area contributed by atoms with E-state index in [1.165, 1.54) is 0 Å². The Balaban J connectivity index is 1.80. The van der Waals surface area contributed by atoms with Crippen molar-refractivity contribution in [3.63, 3.8) is 0 Å². The molecule has 6 heteroatoms. The number of piperidine rings is 1. The van der Waals surface area contributed by atoms with Crippen molar-refractivity contribution in [1.82, 2.24) is 5.32 Å². The van der Waals surface area contributed by atoms with E-state index in [2.05, 4.69) is 10.2 Å². The van der Waals surface area contributed by atoms with Gasteiger partial charge in [-0.25, -0.2) is 0 Å². The Labute approximate surface area is 155 Å². The van der Waals surface area contributed by atoms with Crippen LogP contribution in [0.3, 0.4) is 0 Å². The quantitative estimate of drug-likeness (QED) is 0.656. The van der Waals surface area contributed by atoms with Crippen LogP contribution < -0.4 is 10.2 Å². The Morgan fingerprint density at radius 1 is 1.19 bits per heavy atom. The first-order valence-electron chi connectivity index (χ1n) is 9.38. The number of nitrogens with zero attached hydrogens (tertiary/aromatic N) is 1. The van der Waals surface area contributed by atoms with E-state index >= 15 is 0 Å². The fourth-order valence-corrected chi connectivity index (χ4v) is 3.22. The Hall–Kier alpha value is -1.92. The van der Waals surface area contributed by atoms with Crippen molar-refractivity contribution < 1.29 is 19.4 Å². The van der Waals surface area contributed by atoms with Gasteiger partial charge < -0.3 is 20.1 Å². The third-order valence-electron chi connectivity index (χ3n) is 4.73. The molecule has 0 aromatic heterocycles. The summed E-state index contributed by atoms with van der Waals surface area (Å²) in [6, 6.07) is 7.57. The zero-order valence-corrected chi connectivity index (χ0v) is 15.7. The lowest BCUT2D eigenvalue weighted by Crippen LogP contribution is -2.37. The van der Waals surface area contributed by atoms with Crippen LogP contribution in [0.15, 0.2) is 24.3 Å². The molecule has 1 saturated heterocycles. The maximum absolute atomic E-state index is 12.1. The van der Waals surface area contributed by atoms with Gasteiger partial charge in [0.25, 0.3) is 5.91 Å². The first-order valence-corrected chi connectivity index (χ1v) is 9.38. The summed E-state index contributed by atoms with van der Waals surface area (Å²) < 4.78 is 5.11. The summed E-state index contributed by atoms with van der Waals surface area (Å²) >= 11 is 0. The molecule has 0 bridgehead atoms. The number of amides is 1. The number of ketones is 1. The largest absolute Gasteiger partial charge is 0.394 e. The number of Topliss-reactive ketones (excluding diaryl/α,β-unsaturated/α-hetero) is 1. The zero-order valence-electron chi connectivity index (χ0n) is 15.7.